The van der Waals surface area contributed by atoms with Gasteiger partial charge in [0, 0.05) is 37.5 Å². The SMILES string of the molecule is COc1ccccc1CC(C)N(C)C(=O)c1csc(C2CCN(C(=O)c3c(F)cccc3Cl)CC2)n1. The number of carbonyl (C=O) groups is 2. The highest BCUT2D eigenvalue weighted by Gasteiger charge is 2.30. The van der Waals surface area contributed by atoms with Crippen molar-refractivity contribution in [3.8, 4) is 5.75 Å². The summed E-state index contributed by atoms with van der Waals surface area (Å²) in [5.74, 6) is -0.170. The lowest BCUT2D eigenvalue weighted by Gasteiger charge is -2.31. The lowest BCUT2D eigenvalue weighted by atomic mass is 9.97. The van der Waals surface area contributed by atoms with E-state index in [1.165, 1.54) is 29.5 Å². The lowest BCUT2D eigenvalue weighted by Crippen LogP contribution is -2.38. The predicted octanol–water partition coefficient (Wildman–Crippen LogP) is 5.67. The van der Waals surface area contributed by atoms with Gasteiger partial charge in [-0.15, -0.1) is 11.3 Å². The number of ether oxygens (including phenoxy) is 1. The highest BCUT2D eigenvalue weighted by atomic mass is 35.5. The van der Waals surface area contributed by atoms with Crippen LogP contribution in [-0.4, -0.2) is 59.9 Å². The van der Waals surface area contributed by atoms with Crippen LogP contribution in [0.25, 0.3) is 0 Å². The van der Waals surface area contributed by atoms with Gasteiger partial charge in [-0.1, -0.05) is 35.9 Å². The highest BCUT2D eigenvalue weighted by Crippen LogP contribution is 2.32. The number of rotatable bonds is 7. The first kappa shape index (κ1) is 26.1. The van der Waals surface area contributed by atoms with Gasteiger partial charge in [0.15, 0.2) is 0 Å². The zero-order valence-electron chi connectivity index (χ0n) is 20.5. The molecule has 2 heterocycles. The number of benzene rings is 2. The van der Waals surface area contributed by atoms with Gasteiger partial charge in [0.05, 0.1) is 22.7 Å². The monoisotopic (exact) mass is 529 g/mol. The molecule has 0 N–H and O–H groups in total. The maximum atomic E-state index is 14.2. The van der Waals surface area contributed by atoms with E-state index in [0.717, 1.165) is 16.3 Å². The molecule has 9 heteroatoms. The van der Waals surface area contributed by atoms with Crippen LogP contribution in [0.5, 0.6) is 5.75 Å². The van der Waals surface area contributed by atoms with Crippen molar-refractivity contribution in [1.29, 1.82) is 0 Å². The minimum absolute atomic E-state index is 0.0431. The fraction of sp³-hybridized carbons (Fsp3) is 0.370. The van der Waals surface area contributed by atoms with Gasteiger partial charge in [-0.2, -0.15) is 0 Å². The largest absolute Gasteiger partial charge is 0.496 e. The smallest absolute Gasteiger partial charge is 0.273 e. The Labute approximate surface area is 219 Å². The van der Waals surface area contributed by atoms with E-state index in [1.807, 2.05) is 31.2 Å². The normalized spacial score (nSPS) is 15.0. The van der Waals surface area contributed by atoms with Crippen LogP contribution in [0.3, 0.4) is 0 Å². The van der Waals surface area contributed by atoms with Crippen molar-refractivity contribution in [2.24, 2.45) is 0 Å². The van der Waals surface area contributed by atoms with E-state index in [0.29, 0.717) is 38.0 Å². The third-order valence-electron chi connectivity index (χ3n) is 6.74. The van der Waals surface area contributed by atoms with Crippen LogP contribution in [0, 0.1) is 5.82 Å². The zero-order chi connectivity index (χ0) is 25.8. The summed E-state index contributed by atoms with van der Waals surface area (Å²) in [6, 6.07) is 12.0. The average Bonchev–Trinajstić information content (AvgIpc) is 3.38. The van der Waals surface area contributed by atoms with Gasteiger partial charge in [-0.3, -0.25) is 9.59 Å². The number of aromatic nitrogens is 1. The molecule has 0 saturated carbocycles. The molecule has 1 aromatic heterocycles. The Morgan fingerprint density at radius 3 is 2.64 bits per heavy atom. The molecule has 1 aliphatic heterocycles. The van der Waals surface area contributed by atoms with Crippen LogP contribution in [0.15, 0.2) is 47.8 Å². The molecule has 2 amide bonds. The molecule has 1 aliphatic rings. The Morgan fingerprint density at radius 1 is 1.22 bits per heavy atom. The Bertz CT molecular complexity index is 1220. The molecule has 2 aromatic carbocycles. The molecule has 36 heavy (non-hydrogen) atoms. The van der Waals surface area contributed by atoms with Crippen molar-refractivity contribution in [3.05, 3.63) is 80.5 Å². The number of amides is 2. The Kier molecular flexibility index (Phi) is 8.26. The second-order valence-corrected chi connectivity index (χ2v) is 10.3. The summed E-state index contributed by atoms with van der Waals surface area (Å²) in [5, 5.41) is 2.81. The van der Waals surface area contributed by atoms with Crippen molar-refractivity contribution in [2.45, 2.75) is 38.1 Å². The van der Waals surface area contributed by atoms with Gasteiger partial charge < -0.3 is 14.5 Å². The average molecular weight is 530 g/mol. The third kappa shape index (κ3) is 5.55. The van der Waals surface area contributed by atoms with Gasteiger partial charge in [-0.25, -0.2) is 9.37 Å². The number of thiazole rings is 1. The number of likely N-dealkylation sites (N-methyl/N-ethyl adjacent to an activating group) is 1. The summed E-state index contributed by atoms with van der Waals surface area (Å²) in [4.78, 5) is 33.9. The van der Waals surface area contributed by atoms with E-state index in [2.05, 4.69) is 4.98 Å². The number of nitrogens with zero attached hydrogens (tertiary/aromatic N) is 3. The topological polar surface area (TPSA) is 62.7 Å². The van der Waals surface area contributed by atoms with E-state index in [1.54, 1.807) is 29.3 Å². The van der Waals surface area contributed by atoms with Gasteiger partial charge in [-0.05, 0) is 49.9 Å². The van der Waals surface area contributed by atoms with E-state index in [4.69, 9.17) is 16.3 Å². The first-order valence-electron chi connectivity index (χ1n) is 11.9. The lowest BCUT2D eigenvalue weighted by molar-refractivity contribution is 0.0708. The molecule has 1 atom stereocenters. The molecule has 0 bridgehead atoms. The van der Waals surface area contributed by atoms with Crippen LogP contribution < -0.4 is 4.74 Å². The van der Waals surface area contributed by atoms with Crippen molar-refractivity contribution in [3.63, 3.8) is 0 Å². The van der Waals surface area contributed by atoms with Crippen LogP contribution in [0.2, 0.25) is 5.02 Å². The number of carbonyl (C=O) groups excluding carboxylic acids is 2. The summed E-state index contributed by atoms with van der Waals surface area (Å²) in [6.45, 7) is 2.96. The number of likely N-dealkylation sites (tertiary alicyclic amines) is 1. The molecule has 3 aromatic rings. The molecular weight excluding hydrogens is 501 g/mol. The number of hydrogen-bond donors (Lipinski definition) is 0. The molecule has 1 fully saturated rings. The van der Waals surface area contributed by atoms with Gasteiger partial charge in [0.2, 0.25) is 0 Å². The predicted molar refractivity (Wildman–Crippen MR) is 140 cm³/mol. The number of piperidine rings is 1. The first-order valence-corrected chi connectivity index (χ1v) is 13.1. The Morgan fingerprint density at radius 2 is 1.94 bits per heavy atom. The summed E-state index contributed by atoms with van der Waals surface area (Å²) in [5.41, 5.74) is 1.40. The summed E-state index contributed by atoms with van der Waals surface area (Å²) in [6.07, 6.45) is 2.06. The van der Waals surface area contributed by atoms with Crippen molar-refractivity contribution >= 4 is 34.8 Å². The maximum Gasteiger partial charge on any atom is 0.273 e. The highest BCUT2D eigenvalue weighted by molar-refractivity contribution is 7.09. The zero-order valence-corrected chi connectivity index (χ0v) is 22.1. The third-order valence-corrected chi connectivity index (χ3v) is 8.06. The van der Waals surface area contributed by atoms with Gasteiger partial charge >= 0.3 is 0 Å². The molecule has 1 unspecified atom stereocenters. The fourth-order valence-electron chi connectivity index (χ4n) is 4.47. The van der Waals surface area contributed by atoms with Crippen molar-refractivity contribution in [2.75, 3.05) is 27.2 Å². The number of para-hydroxylation sites is 1. The minimum atomic E-state index is -0.609. The Hall–Kier alpha value is -2.97. The second-order valence-electron chi connectivity index (χ2n) is 9.02. The summed E-state index contributed by atoms with van der Waals surface area (Å²) in [7, 11) is 3.43. The van der Waals surface area contributed by atoms with Gasteiger partial charge in [0.1, 0.15) is 17.3 Å². The van der Waals surface area contributed by atoms with E-state index < -0.39 is 11.7 Å². The molecular formula is C27H29ClFN3O3S. The number of halogens is 2. The molecule has 0 radical (unpaired) electrons. The van der Waals surface area contributed by atoms with Crippen LogP contribution in [0.4, 0.5) is 4.39 Å². The maximum absolute atomic E-state index is 14.2. The van der Waals surface area contributed by atoms with Gasteiger partial charge in [0.25, 0.3) is 11.8 Å². The summed E-state index contributed by atoms with van der Waals surface area (Å²) < 4.78 is 19.6. The molecule has 1 saturated heterocycles. The molecule has 190 valence electrons. The van der Waals surface area contributed by atoms with Crippen LogP contribution in [0.1, 0.15) is 57.1 Å². The second kappa shape index (κ2) is 11.4. The molecule has 0 spiro atoms. The van der Waals surface area contributed by atoms with Crippen molar-refractivity contribution < 1.29 is 18.7 Å². The summed E-state index contributed by atoms with van der Waals surface area (Å²) >= 11 is 7.54. The minimum Gasteiger partial charge on any atom is -0.496 e. The van der Waals surface area contributed by atoms with E-state index in [-0.39, 0.29) is 28.5 Å². The number of hydrogen-bond acceptors (Lipinski definition) is 5. The quantitative estimate of drug-likeness (QED) is 0.396. The standard InChI is InChI=1S/C27H29ClFN3O3S/c1-17(15-19-7-4-5-10-23(19)35-3)31(2)26(33)22-16-36-25(30-22)18-11-13-32(14-12-18)27(34)24-20(28)8-6-9-21(24)29/h4-10,16-18H,11-15H2,1-3H3. The van der Waals surface area contributed by atoms with Crippen LogP contribution >= 0.6 is 22.9 Å². The number of methoxy groups -OCH3 is 1. The fourth-order valence-corrected chi connectivity index (χ4v) is 5.68. The molecule has 0 aliphatic carbocycles. The molecule has 6 nitrogen and oxygen atoms in total. The molecule has 4 rings (SSSR count). The first-order chi connectivity index (χ1) is 17.3. The van der Waals surface area contributed by atoms with E-state index in [9.17, 15) is 14.0 Å². The Balaban J connectivity index is 1.36. The van der Waals surface area contributed by atoms with E-state index >= 15 is 0 Å². The van der Waals surface area contributed by atoms with Crippen LogP contribution in [-0.2, 0) is 6.42 Å². The van der Waals surface area contributed by atoms with Crippen molar-refractivity contribution in [1.82, 2.24) is 14.8 Å².